The number of hydrogen-bond acceptors (Lipinski definition) is 3. The first-order chi connectivity index (χ1) is 6.11. The molecule has 0 saturated carbocycles. The van der Waals surface area contributed by atoms with Crippen molar-refractivity contribution in [2.45, 2.75) is 12.5 Å². The van der Waals surface area contributed by atoms with E-state index in [9.17, 15) is 4.79 Å². The Hall–Kier alpha value is -1.78. The summed E-state index contributed by atoms with van der Waals surface area (Å²) in [6, 6.07) is -1.09. The minimum atomic E-state index is -1.16. The number of azide groups is 1. The molecule has 0 amide bonds. The van der Waals surface area contributed by atoms with Crippen LogP contribution in [0.5, 0.6) is 0 Å². The summed E-state index contributed by atoms with van der Waals surface area (Å²) in [6.07, 6.45) is 2.41. The second kappa shape index (κ2) is 5.82. The van der Waals surface area contributed by atoms with Crippen molar-refractivity contribution >= 4 is 5.97 Å². The Morgan fingerprint density at radius 3 is 2.85 bits per heavy atom. The maximum atomic E-state index is 10.3. The molecule has 6 nitrogen and oxygen atoms in total. The van der Waals surface area contributed by atoms with Crippen LogP contribution in [0.25, 0.3) is 10.4 Å². The number of nitrogens with two attached hydrogens (primary N) is 1. The molecule has 0 spiro atoms. The number of hydrogen-bond donors (Lipinski definition) is 2. The van der Waals surface area contributed by atoms with Crippen molar-refractivity contribution in [1.82, 2.24) is 0 Å². The molecule has 0 rings (SSSR count). The molecular weight excluding hydrogens is 172 g/mol. The van der Waals surface area contributed by atoms with Crippen molar-refractivity contribution in [3.63, 3.8) is 0 Å². The van der Waals surface area contributed by atoms with Gasteiger partial charge in [0.05, 0.1) is 0 Å². The fourth-order valence-corrected chi connectivity index (χ4v) is 0.623. The van der Waals surface area contributed by atoms with Crippen LogP contribution in [0, 0.1) is 6.58 Å². The molecule has 0 aromatic rings. The summed E-state index contributed by atoms with van der Waals surface area (Å²) in [5.41, 5.74) is 13.5. The molecule has 0 aromatic heterocycles. The fraction of sp³-hybridized carbons (Fsp3) is 0.286. The lowest BCUT2D eigenvalue weighted by Crippen LogP contribution is -2.30. The average Bonchev–Trinajstić information content (AvgIpc) is 2.05. The van der Waals surface area contributed by atoms with Crippen molar-refractivity contribution in [2.24, 2.45) is 10.8 Å². The molecule has 3 N–H and O–H groups in total. The van der Waals surface area contributed by atoms with Crippen molar-refractivity contribution < 1.29 is 9.90 Å². The zero-order valence-electron chi connectivity index (χ0n) is 6.79. The molecule has 0 aliphatic rings. The number of carbonyl (C=O) groups is 1. The van der Waals surface area contributed by atoms with Crippen LogP contribution in [0.4, 0.5) is 0 Å². The summed E-state index contributed by atoms with van der Waals surface area (Å²) < 4.78 is 0. The van der Waals surface area contributed by atoms with Crippen molar-refractivity contribution in [3.05, 3.63) is 34.9 Å². The van der Waals surface area contributed by atoms with E-state index in [0.717, 1.165) is 6.08 Å². The lowest BCUT2D eigenvalue weighted by atomic mass is 10.2. The molecule has 6 heteroatoms. The van der Waals surface area contributed by atoms with Gasteiger partial charge >= 0.3 is 5.97 Å². The van der Waals surface area contributed by atoms with Crippen molar-refractivity contribution in [2.75, 3.05) is 0 Å². The number of rotatable bonds is 5. The maximum Gasteiger partial charge on any atom is 0.320 e. The van der Waals surface area contributed by atoms with Gasteiger partial charge in [0, 0.05) is 17.0 Å². The van der Waals surface area contributed by atoms with Crippen LogP contribution in [-0.4, -0.2) is 17.1 Å². The Morgan fingerprint density at radius 1 is 1.85 bits per heavy atom. The zero-order valence-corrected chi connectivity index (χ0v) is 6.79. The van der Waals surface area contributed by atoms with Crippen LogP contribution in [0.1, 0.15) is 6.42 Å². The topological polar surface area (TPSA) is 112 Å². The highest BCUT2D eigenvalue weighted by Gasteiger charge is 2.12. The molecule has 0 bridgehead atoms. The number of carboxylic acid groups (broad SMARTS) is 1. The van der Waals surface area contributed by atoms with Crippen molar-refractivity contribution in [1.29, 1.82) is 0 Å². The molecule has 0 aliphatic carbocycles. The molecule has 0 saturated heterocycles. The van der Waals surface area contributed by atoms with Gasteiger partial charge in [0.15, 0.2) is 0 Å². The third-order valence-electron chi connectivity index (χ3n) is 1.21. The smallest absolute Gasteiger partial charge is 0.320 e. The highest BCUT2D eigenvalue weighted by atomic mass is 16.4. The van der Waals surface area contributed by atoms with Gasteiger partial charge in [-0.2, -0.15) is 0 Å². The SMILES string of the molecule is [CH]=CC=C(CC(N)C(=O)O)N=[N+]=[N-]. The Morgan fingerprint density at radius 2 is 2.46 bits per heavy atom. The van der Waals surface area contributed by atoms with Crippen LogP contribution in [-0.2, 0) is 4.79 Å². The Balaban J connectivity index is 4.43. The quantitative estimate of drug-likeness (QED) is 0.285. The predicted molar refractivity (Wildman–Crippen MR) is 46.3 cm³/mol. The van der Waals surface area contributed by atoms with Gasteiger partial charge < -0.3 is 10.8 Å². The van der Waals surface area contributed by atoms with Crippen LogP contribution in [0.15, 0.2) is 23.0 Å². The van der Waals surface area contributed by atoms with Gasteiger partial charge in [-0.3, -0.25) is 4.79 Å². The summed E-state index contributed by atoms with van der Waals surface area (Å²) in [4.78, 5) is 12.8. The largest absolute Gasteiger partial charge is 0.480 e. The summed E-state index contributed by atoms with van der Waals surface area (Å²) in [6.45, 7) is 5.04. The third kappa shape index (κ3) is 4.62. The van der Waals surface area contributed by atoms with E-state index in [1.54, 1.807) is 0 Å². The van der Waals surface area contributed by atoms with Gasteiger partial charge in [-0.25, -0.2) is 0 Å². The molecule has 0 aromatic carbocycles. The molecule has 0 heterocycles. The van der Waals surface area contributed by atoms with Gasteiger partial charge in [0.2, 0.25) is 0 Å². The molecule has 1 atom stereocenters. The Labute approximate surface area is 75.0 Å². The maximum absolute atomic E-state index is 10.3. The van der Waals surface area contributed by atoms with Crippen LogP contribution < -0.4 is 5.73 Å². The monoisotopic (exact) mass is 181 g/mol. The summed E-state index contributed by atoms with van der Waals surface area (Å²) in [5.74, 6) is -1.16. The molecular formula is C7H9N4O2. The second-order valence-electron chi connectivity index (χ2n) is 2.19. The van der Waals surface area contributed by atoms with E-state index in [1.165, 1.54) is 6.08 Å². The second-order valence-corrected chi connectivity index (χ2v) is 2.19. The van der Waals surface area contributed by atoms with Gasteiger partial charge in [0.1, 0.15) is 6.04 Å². The number of aliphatic carboxylic acids is 1. The first-order valence-corrected chi connectivity index (χ1v) is 3.39. The predicted octanol–water partition coefficient (Wildman–Crippen LogP) is 0.972. The van der Waals surface area contributed by atoms with Gasteiger partial charge in [-0.05, 0) is 5.53 Å². The number of carboxylic acids is 1. The summed E-state index contributed by atoms with van der Waals surface area (Å²) in [5, 5.41) is 11.7. The molecule has 13 heavy (non-hydrogen) atoms. The normalized spacial score (nSPS) is 12.8. The number of allylic oxidation sites excluding steroid dienone is 2. The zero-order chi connectivity index (χ0) is 10.3. The van der Waals surface area contributed by atoms with E-state index in [1.807, 2.05) is 0 Å². The third-order valence-corrected chi connectivity index (χ3v) is 1.21. The van der Waals surface area contributed by atoms with Gasteiger partial charge in [-0.1, -0.05) is 23.8 Å². The first-order valence-electron chi connectivity index (χ1n) is 3.39. The molecule has 69 valence electrons. The first kappa shape index (κ1) is 11.2. The molecule has 1 unspecified atom stereocenters. The van der Waals surface area contributed by atoms with E-state index >= 15 is 0 Å². The van der Waals surface area contributed by atoms with Crippen molar-refractivity contribution in [3.8, 4) is 0 Å². The van der Waals surface area contributed by atoms with E-state index in [4.69, 9.17) is 23.0 Å². The molecule has 0 aliphatic heterocycles. The van der Waals surface area contributed by atoms with Gasteiger partial charge in [-0.15, -0.1) is 0 Å². The van der Waals surface area contributed by atoms with E-state index in [-0.39, 0.29) is 12.1 Å². The standard InChI is InChI=1S/C7H9N4O2/c1-2-3-5(10-11-9)4-6(8)7(12)13/h1-3,6H,4,8H2,(H,12,13). The van der Waals surface area contributed by atoms with Crippen LogP contribution in [0.3, 0.4) is 0 Å². The minimum Gasteiger partial charge on any atom is -0.480 e. The Kier molecular flexibility index (Phi) is 5.02. The van der Waals surface area contributed by atoms with Crippen LogP contribution in [0.2, 0.25) is 0 Å². The van der Waals surface area contributed by atoms with Crippen LogP contribution >= 0.6 is 0 Å². The highest BCUT2D eigenvalue weighted by Crippen LogP contribution is 2.06. The number of nitrogens with zero attached hydrogens (tertiary/aromatic N) is 3. The molecule has 0 fully saturated rings. The van der Waals surface area contributed by atoms with E-state index in [2.05, 4.69) is 10.0 Å². The minimum absolute atomic E-state index is 0.0485. The van der Waals surface area contributed by atoms with E-state index < -0.39 is 12.0 Å². The lowest BCUT2D eigenvalue weighted by Gasteiger charge is -2.04. The Bertz CT molecular complexity index is 278. The van der Waals surface area contributed by atoms with E-state index in [0.29, 0.717) is 0 Å². The highest BCUT2D eigenvalue weighted by molar-refractivity contribution is 5.73. The summed E-state index contributed by atoms with van der Waals surface area (Å²) >= 11 is 0. The average molecular weight is 181 g/mol. The van der Waals surface area contributed by atoms with Gasteiger partial charge in [0.25, 0.3) is 0 Å². The lowest BCUT2D eigenvalue weighted by molar-refractivity contribution is -0.138. The molecule has 1 radical (unpaired) electrons. The summed E-state index contributed by atoms with van der Waals surface area (Å²) in [7, 11) is 0. The fourth-order valence-electron chi connectivity index (χ4n) is 0.623.